The van der Waals surface area contributed by atoms with Gasteiger partial charge in [0.1, 0.15) is 5.76 Å². The molecule has 8 heteroatoms. The van der Waals surface area contributed by atoms with Crippen molar-refractivity contribution >= 4 is 23.4 Å². The fourth-order valence-corrected chi connectivity index (χ4v) is 3.35. The summed E-state index contributed by atoms with van der Waals surface area (Å²) in [7, 11) is 1.90. The number of benzene rings is 1. The first-order valence-electron chi connectivity index (χ1n) is 8.11. The first-order chi connectivity index (χ1) is 12.5. The Kier molecular flexibility index (Phi) is 6.37. The molecule has 2 aromatic heterocycles. The first kappa shape index (κ1) is 19.0. The van der Waals surface area contributed by atoms with Gasteiger partial charge >= 0.3 is 0 Å². The molecule has 138 valence electrons. The van der Waals surface area contributed by atoms with E-state index in [2.05, 4.69) is 10.2 Å². The van der Waals surface area contributed by atoms with Crippen LogP contribution in [0.5, 0.6) is 0 Å². The van der Waals surface area contributed by atoms with E-state index in [-0.39, 0.29) is 6.61 Å². The van der Waals surface area contributed by atoms with E-state index in [1.165, 1.54) is 11.8 Å². The van der Waals surface area contributed by atoms with Crippen LogP contribution in [0.1, 0.15) is 11.3 Å². The Balaban J connectivity index is 1.47. The predicted molar refractivity (Wildman–Crippen MR) is 101 cm³/mol. The van der Waals surface area contributed by atoms with E-state index >= 15 is 0 Å². The van der Waals surface area contributed by atoms with Crippen LogP contribution in [-0.4, -0.2) is 38.3 Å². The molecule has 0 saturated heterocycles. The summed E-state index contributed by atoms with van der Waals surface area (Å²) < 4.78 is 12.8. The Bertz CT molecular complexity index is 848. The summed E-state index contributed by atoms with van der Waals surface area (Å²) in [4.78, 5) is 0. The quantitative estimate of drug-likeness (QED) is 0.588. The topological polar surface area (TPSA) is 73.3 Å². The molecule has 1 N–H and O–H groups in total. The van der Waals surface area contributed by atoms with Crippen molar-refractivity contribution in [2.45, 2.75) is 24.8 Å². The van der Waals surface area contributed by atoms with E-state index in [1.807, 2.05) is 48.9 Å². The maximum atomic E-state index is 10.1. The van der Waals surface area contributed by atoms with Gasteiger partial charge in [-0.05, 0) is 30.7 Å². The predicted octanol–water partition coefficient (Wildman–Crippen LogP) is 3.71. The Hall–Kier alpha value is -1.80. The second-order valence-electron chi connectivity index (χ2n) is 5.86. The van der Waals surface area contributed by atoms with Crippen molar-refractivity contribution in [1.29, 1.82) is 0 Å². The molecule has 1 unspecified atom stereocenters. The van der Waals surface area contributed by atoms with Gasteiger partial charge in [0.2, 0.25) is 0 Å². The molecular weight excluding hydrogens is 374 g/mol. The van der Waals surface area contributed by atoms with E-state index in [1.54, 1.807) is 6.26 Å². The first-order valence-corrected chi connectivity index (χ1v) is 9.48. The van der Waals surface area contributed by atoms with Crippen molar-refractivity contribution in [2.75, 3.05) is 12.4 Å². The van der Waals surface area contributed by atoms with Gasteiger partial charge < -0.3 is 18.8 Å². The maximum absolute atomic E-state index is 10.1. The monoisotopic (exact) mass is 393 g/mol. The van der Waals surface area contributed by atoms with Crippen LogP contribution in [0, 0.1) is 6.92 Å². The summed E-state index contributed by atoms with van der Waals surface area (Å²) in [6.07, 6.45) is 1.04. The minimum atomic E-state index is -0.594. The minimum absolute atomic E-state index is 0.251. The number of halogens is 1. The number of furan rings is 1. The second-order valence-corrected chi connectivity index (χ2v) is 7.29. The zero-order valence-corrected chi connectivity index (χ0v) is 16.1. The molecule has 3 rings (SSSR count). The molecule has 0 aliphatic heterocycles. The van der Waals surface area contributed by atoms with Crippen LogP contribution >= 0.6 is 23.4 Å². The average Bonchev–Trinajstić information content (AvgIpc) is 3.20. The molecule has 0 aliphatic rings. The van der Waals surface area contributed by atoms with Gasteiger partial charge in [0.25, 0.3) is 0 Å². The highest BCUT2D eigenvalue weighted by Gasteiger charge is 2.16. The highest BCUT2D eigenvalue weighted by molar-refractivity contribution is 7.99. The summed E-state index contributed by atoms with van der Waals surface area (Å²) in [5, 5.41) is 20.0. The summed E-state index contributed by atoms with van der Waals surface area (Å²) in [6.45, 7) is 2.58. The second kappa shape index (κ2) is 8.73. The van der Waals surface area contributed by atoms with Crippen molar-refractivity contribution in [3.63, 3.8) is 0 Å². The van der Waals surface area contributed by atoms with Crippen molar-refractivity contribution in [2.24, 2.45) is 7.05 Å². The summed E-state index contributed by atoms with van der Waals surface area (Å²) in [6, 6.07) is 9.32. The van der Waals surface area contributed by atoms with Gasteiger partial charge in [0.15, 0.2) is 11.0 Å². The van der Waals surface area contributed by atoms with Crippen molar-refractivity contribution in [3.05, 3.63) is 52.9 Å². The van der Waals surface area contributed by atoms with E-state index in [4.69, 9.17) is 20.8 Å². The molecule has 2 heterocycles. The fourth-order valence-electron chi connectivity index (χ4n) is 2.40. The van der Waals surface area contributed by atoms with Crippen LogP contribution in [0.15, 0.2) is 46.2 Å². The van der Waals surface area contributed by atoms with Crippen molar-refractivity contribution in [1.82, 2.24) is 14.8 Å². The van der Waals surface area contributed by atoms with E-state index in [0.29, 0.717) is 17.4 Å². The normalized spacial score (nSPS) is 12.5. The Morgan fingerprint density at radius 3 is 2.73 bits per heavy atom. The zero-order chi connectivity index (χ0) is 18.5. The van der Waals surface area contributed by atoms with E-state index in [9.17, 15) is 5.11 Å². The number of ether oxygens (including phenoxy) is 1. The molecule has 1 atom stereocenters. The van der Waals surface area contributed by atoms with E-state index in [0.717, 1.165) is 27.9 Å². The summed E-state index contributed by atoms with van der Waals surface area (Å²) in [5.74, 6) is 2.01. The van der Waals surface area contributed by atoms with E-state index < -0.39 is 6.10 Å². The van der Waals surface area contributed by atoms with Crippen LogP contribution in [0.2, 0.25) is 5.02 Å². The number of thioether (sulfide) groups is 1. The molecule has 0 radical (unpaired) electrons. The number of aromatic nitrogens is 3. The molecule has 1 aromatic carbocycles. The lowest BCUT2D eigenvalue weighted by Gasteiger charge is -2.11. The SMILES string of the molecule is Cc1occc1-c1nnc(SCC(O)COCc2ccc(Cl)cc2)n1C. The average molecular weight is 394 g/mol. The largest absolute Gasteiger partial charge is 0.469 e. The lowest BCUT2D eigenvalue weighted by Crippen LogP contribution is -2.18. The van der Waals surface area contributed by atoms with Crippen LogP contribution in [-0.2, 0) is 18.4 Å². The third-order valence-electron chi connectivity index (χ3n) is 3.83. The molecule has 26 heavy (non-hydrogen) atoms. The van der Waals surface area contributed by atoms with Gasteiger partial charge in [-0.15, -0.1) is 10.2 Å². The molecular formula is C18H20ClN3O3S. The molecule has 6 nitrogen and oxygen atoms in total. The standard InChI is InChI=1S/C18H20ClN3O3S/c1-12-16(7-8-25-12)17-20-21-18(22(17)2)26-11-15(23)10-24-9-13-3-5-14(19)6-4-13/h3-8,15,23H,9-11H2,1-2H3. The fraction of sp³-hybridized carbons (Fsp3) is 0.333. The molecule has 0 fully saturated rings. The number of hydrogen-bond acceptors (Lipinski definition) is 6. The summed E-state index contributed by atoms with van der Waals surface area (Å²) >= 11 is 7.29. The molecule has 0 bridgehead atoms. The smallest absolute Gasteiger partial charge is 0.191 e. The van der Waals surface area contributed by atoms with Crippen LogP contribution in [0.25, 0.3) is 11.4 Å². The van der Waals surface area contributed by atoms with Crippen LogP contribution < -0.4 is 0 Å². The van der Waals surface area contributed by atoms with Crippen LogP contribution in [0.3, 0.4) is 0 Å². The Labute approximate surface area is 161 Å². The molecule has 0 aliphatic carbocycles. The van der Waals surface area contributed by atoms with Gasteiger partial charge in [0, 0.05) is 17.8 Å². The lowest BCUT2D eigenvalue weighted by atomic mass is 10.2. The van der Waals surface area contributed by atoms with Gasteiger partial charge in [-0.2, -0.15) is 0 Å². The number of rotatable bonds is 8. The number of hydrogen-bond donors (Lipinski definition) is 1. The van der Waals surface area contributed by atoms with Crippen molar-refractivity contribution in [3.8, 4) is 11.4 Å². The maximum Gasteiger partial charge on any atom is 0.191 e. The molecule has 0 amide bonds. The van der Waals surface area contributed by atoms with Crippen LogP contribution in [0.4, 0.5) is 0 Å². The molecule has 0 spiro atoms. The lowest BCUT2D eigenvalue weighted by molar-refractivity contribution is 0.0397. The molecule has 3 aromatic rings. The summed E-state index contributed by atoms with van der Waals surface area (Å²) in [5.41, 5.74) is 1.93. The highest BCUT2D eigenvalue weighted by Crippen LogP contribution is 2.26. The van der Waals surface area contributed by atoms with Gasteiger partial charge in [0.05, 0.1) is 31.1 Å². The number of aryl methyl sites for hydroxylation is 1. The minimum Gasteiger partial charge on any atom is -0.469 e. The number of nitrogens with zero attached hydrogens (tertiary/aromatic N) is 3. The molecule has 0 saturated carbocycles. The third-order valence-corrected chi connectivity index (χ3v) is 5.25. The number of aliphatic hydroxyl groups is 1. The van der Waals surface area contributed by atoms with Crippen molar-refractivity contribution < 1.29 is 14.3 Å². The number of aliphatic hydroxyl groups excluding tert-OH is 1. The van der Waals surface area contributed by atoms with Gasteiger partial charge in [-0.25, -0.2) is 0 Å². The van der Waals surface area contributed by atoms with Gasteiger partial charge in [-0.1, -0.05) is 35.5 Å². The van der Waals surface area contributed by atoms with Gasteiger partial charge in [-0.3, -0.25) is 0 Å². The Morgan fingerprint density at radius 2 is 2.04 bits per heavy atom. The third kappa shape index (κ3) is 4.67. The highest BCUT2D eigenvalue weighted by atomic mass is 35.5. The zero-order valence-electron chi connectivity index (χ0n) is 14.6. The Morgan fingerprint density at radius 1 is 1.27 bits per heavy atom.